The normalized spacial score (nSPS) is 15.5. The maximum absolute atomic E-state index is 13.2. The summed E-state index contributed by atoms with van der Waals surface area (Å²) >= 11 is 1.70. The Labute approximate surface area is 147 Å². The van der Waals surface area contributed by atoms with Crippen molar-refractivity contribution < 1.29 is 4.39 Å². The topological polar surface area (TPSA) is 36.8 Å². The summed E-state index contributed by atoms with van der Waals surface area (Å²) < 4.78 is 13.2. The maximum Gasteiger partial charge on any atom is 0.123 e. The number of allylic oxidation sites excluding steroid dienone is 2. The number of nitrogens with zero attached hydrogens (tertiary/aromatic N) is 2. The van der Waals surface area contributed by atoms with Crippen LogP contribution in [-0.2, 0) is 0 Å². The molecule has 128 valence electrons. The Balaban J connectivity index is 2.21. The van der Waals surface area contributed by atoms with Crippen LogP contribution in [0.4, 0.5) is 4.39 Å². The van der Waals surface area contributed by atoms with Gasteiger partial charge in [-0.25, -0.2) is 9.38 Å². The zero-order valence-electron chi connectivity index (χ0n) is 14.3. The van der Waals surface area contributed by atoms with Crippen LogP contribution in [0.3, 0.4) is 0 Å². The maximum atomic E-state index is 13.2. The first-order valence-corrected chi connectivity index (χ1v) is 9.22. The average Bonchev–Trinajstić information content (AvgIpc) is 2.62. The predicted octanol–water partition coefficient (Wildman–Crippen LogP) is 4.33. The van der Waals surface area contributed by atoms with Crippen molar-refractivity contribution in [2.45, 2.75) is 19.8 Å². The molecule has 0 aliphatic carbocycles. The molecule has 0 aromatic heterocycles. The second-order valence-electron chi connectivity index (χ2n) is 5.54. The van der Waals surface area contributed by atoms with Crippen LogP contribution in [0.15, 0.2) is 51.5 Å². The molecule has 1 aliphatic rings. The van der Waals surface area contributed by atoms with Crippen molar-refractivity contribution in [2.24, 2.45) is 9.98 Å². The summed E-state index contributed by atoms with van der Waals surface area (Å²) in [7, 11) is 1.96. The van der Waals surface area contributed by atoms with Gasteiger partial charge in [0.2, 0.25) is 0 Å². The van der Waals surface area contributed by atoms with Crippen molar-refractivity contribution in [3.05, 3.63) is 52.9 Å². The first kappa shape index (κ1) is 18.6. The highest BCUT2D eigenvalue weighted by Crippen LogP contribution is 2.27. The molecule has 0 fully saturated rings. The number of hydrogen-bond acceptors (Lipinski definition) is 4. The lowest BCUT2D eigenvalue weighted by Gasteiger charge is -2.13. The van der Waals surface area contributed by atoms with E-state index in [9.17, 15) is 4.39 Å². The summed E-state index contributed by atoms with van der Waals surface area (Å²) in [5, 5.41) is 3.14. The second kappa shape index (κ2) is 10.2. The molecular weight excluding hydrogens is 321 g/mol. The minimum Gasteiger partial charge on any atom is -0.320 e. The zero-order valence-corrected chi connectivity index (χ0v) is 15.1. The Kier molecular flexibility index (Phi) is 7.92. The Hall–Kier alpha value is -1.72. The highest BCUT2D eigenvalue weighted by Gasteiger charge is 2.10. The molecule has 0 amide bonds. The Morgan fingerprint density at radius 3 is 2.83 bits per heavy atom. The van der Waals surface area contributed by atoms with Crippen LogP contribution in [0.1, 0.15) is 25.3 Å². The predicted molar refractivity (Wildman–Crippen MR) is 105 cm³/mol. The zero-order chi connectivity index (χ0) is 17.2. The van der Waals surface area contributed by atoms with Gasteiger partial charge in [-0.05, 0) is 74.8 Å². The van der Waals surface area contributed by atoms with Crippen molar-refractivity contribution in [3.8, 4) is 0 Å². The van der Waals surface area contributed by atoms with Gasteiger partial charge in [-0.15, -0.1) is 11.8 Å². The van der Waals surface area contributed by atoms with E-state index >= 15 is 0 Å². The van der Waals surface area contributed by atoms with Gasteiger partial charge in [-0.2, -0.15) is 0 Å². The van der Waals surface area contributed by atoms with Crippen LogP contribution < -0.4 is 5.32 Å². The lowest BCUT2D eigenvalue weighted by atomic mass is 9.97. The summed E-state index contributed by atoms with van der Waals surface area (Å²) in [6.45, 7) is 3.89. The summed E-state index contributed by atoms with van der Waals surface area (Å²) in [6, 6.07) is 6.53. The van der Waals surface area contributed by atoms with Crippen LogP contribution in [0.25, 0.3) is 5.70 Å². The number of hydrogen-bond donors (Lipinski definition) is 1. The van der Waals surface area contributed by atoms with Gasteiger partial charge in [-0.1, -0.05) is 0 Å². The molecule has 0 radical (unpaired) electrons. The fourth-order valence-corrected chi connectivity index (χ4v) is 3.02. The van der Waals surface area contributed by atoms with E-state index in [0.717, 1.165) is 48.5 Å². The third-order valence-electron chi connectivity index (χ3n) is 3.79. The molecular formula is C19H24FN3S. The highest BCUT2D eigenvalue weighted by atomic mass is 32.2. The van der Waals surface area contributed by atoms with E-state index in [0.29, 0.717) is 0 Å². The molecule has 3 nitrogen and oxygen atoms in total. The quantitative estimate of drug-likeness (QED) is 0.432. The van der Waals surface area contributed by atoms with Gasteiger partial charge in [0.1, 0.15) is 5.82 Å². The van der Waals surface area contributed by atoms with Crippen LogP contribution in [0.2, 0.25) is 0 Å². The lowest BCUT2D eigenvalue weighted by molar-refractivity contribution is 0.627. The third kappa shape index (κ3) is 5.73. The molecule has 0 unspecified atom stereocenters. The summed E-state index contributed by atoms with van der Waals surface area (Å²) in [6.07, 6.45) is 5.90. The fraction of sp³-hybridized carbons (Fsp3) is 0.368. The molecule has 0 atom stereocenters. The van der Waals surface area contributed by atoms with Crippen molar-refractivity contribution in [1.82, 2.24) is 5.32 Å². The molecule has 0 saturated heterocycles. The molecule has 0 spiro atoms. The van der Waals surface area contributed by atoms with Gasteiger partial charge < -0.3 is 5.32 Å². The number of thioether (sulfide) groups is 1. The van der Waals surface area contributed by atoms with E-state index in [4.69, 9.17) is 0 Å². The highest BCUT2D eigenvalue weighted by molar-refractivity contribution is 8.12. The van der Waals surface area contributed by atoms with E-state index in [1.165, 1.54) is 17.7 Å². The van der Waals surface area contributed by atoms with Crippen LogP contribution >= 0.6 is 11.8 Å². The number of benzene rings is 1. The second-order valence-corrected chi connectivity index (χ2v) is 6.49. The number of rotatable bonds is 8. The SMILES string of the molecule is CNCCCSC=N/C(=C(\C)C1=CC=NCC1)c1ccc(F)cc1. The van der Waals surface area contributed by atoms with Crippen molar-refractivity contribution in [2.75, 3.05) is 25.9 Å². The molecule has 2 rings (SSSR count). The Morgan fingerprint density at radius 2 is 2.17 bits per heavy atom. The molecule has 1 aromatic rings. The van der Waals surface area contributed by atoms with E-state index in [1.54, 1.807) is 23.9 Å². The minimum absolute atomic E-state index is 0.231. The summed E-state index contributed by atoms with van der Waals surface area (Å²) in [4.78, 5) is 8.92. The van der Waals surface area contributed by atoms with Gasteiger partial charge >= 0.3 is 0 Å². The molecule has 1 N–H and O–H groups in total. The van der Waals surface area contributed by atoms with E-state index in [-0.39, 0.29) is 5.82 Å². The fourth-order valence-electron chi connectivity index (χ4n) is 2.42. The lowest BCUT2D eigenvalue weighted by Crippen LogP contribution is -2.07. The Morgan fingerprint density at radius 1 is 1.38 bits per heavy atom. The molecule has 0 saturated carbocycles. The number of dihydropyridines is 1. The molecule has 24 heavy (non-hydrogen) atoms. The molecule has 1 aromatic carbocycles. The average molecular weight is 345 g/mol. The first-order chi connectivity index (χ1) is 11.7. The van der Waals surface area contributed by atoms with Crippen LogP contribution in [0, 0.1) is 5.82 Å². The van der Waals surface area contributed by atoms with Gasteiger partial charge in [0.25, 0.3) is 0 Å². The summed E-state index contributed by atoms with van der Waals surface area (Å²) in [5.74, 6) is 0.792. The standard InChI is InChI=1S/C19H24FN3S/c1-15(16-8-11-22-12-9-16)19(17-4-6-18(20)7-5-17)23-14-24-13-3-10-21-2/h4-8,11,14,21H,3,9-10,12-13H2,1-2H3/b19-15+,23-14?. The van der Waals surface area contributed by atoms with E-state index < -0.39 is 0 Å². The van der Waals surface area contributed by atoms with Gasteiger partial charge in [0.05, 0.1) is 11.2 Å². The molecule has 1 heterocycles. The Bertz CT molecular complexity index is 645. The summed E-state index contributed by atoms with van der Waals surface area (Å²) in [5.41, 5.74) is 6.10. The van der Waals surface area contributed by atoms with Gasteiger partial charge in [0, 0.05) is 24.1 Å². The van der Waals surface area contributed by atoms with Crippen LogP contribution in [0.5, 0.6) is 0 Å². The van der Waals surface area contributed by atoms with Gasteiger partial charge in [0.15, 0.2) is 0 Å². The third-order valence-corrected chi connectivity index (χ3v) is 4.57. The van der Waals surface area contributed by atoms with Crippen molar-refractivity contribution in [1.29, 1.82) is 0 Å². The van der Waals surface area contributed by atoms with Crippen molar-refractivity contribution >= 4 is 29.2 Å². The smallest absolute Gasteiger partial charge is 0.123 e. The number of halogens is 1. The molecule has 5 heteroatoms. The number of aliphatic imine (C=N–C) groups is 2. The first-order valence-electron chi connectivity index (χ1n) is 8.17. The largest absolute Gasteiger partial charge is 0.320 e. The number of nitrogens with one attached hydrogen (secondary N) is 1. The molecule has 0 bridgehead atoms. The minimum atomic E-state index is -0.231. The van der Waals surface area contributed by atoms with E-state index in [1.807, 2.05) is 24.9 Å². The van der Waals surface area contributed by atoms with Gasteiger partial charge in [-0.3, -0.25) is 4.99 Å². The molecule has 1 aliphatic heterocycles. The van der Waals surface area contributed by atoms with Crippen molar-refractivity contribution in [3.63, 3.8) is 0 Å². The monoisotopic (exact) mass is 345 g/mol. The van der Waals surface area contributed by atoms with E-state index in [2.05, 4.69) is 22.2 Å². The van der Waals surface area contributed by atoms with Crippen LogP contribution in [-0.4, -0.2) is 37.7 Å².